The molecule has 0 bridgehead atoms. The summed E-state index contributed by atoms with van der Waals surface area (Å²) in [7, 11) is 1.95. The van der Waals surface area contributed by atoms with Crippen LogP contribution in [0.3, 0.4) is 0 Å². The third-order valence-corrected chi connectivity index (χ3v) is 3.35. The van der Waals surface area contributed by atoms with Gasteiger partial charge < -0.3 is 14.7 Å². The minimum atomic E-state index is -0.678. The number of rotatable bonds is 4. The molecule has 0 aliphatic carbocycles. The standard InChI is InChI=1S/C14H20FNO2/c1-10(17)13-8-11(15)5-6-14(13)16(2)9-12-4-3-7-18-12/h5-6,8,10,12,17H,3-4,7,9H2,1-2H3/t10-,12?/m0/s1. The molecule has 1 aliphatic rings. The van der Waals surface area contributed by atoms with E-state index in [-0.39, 0.29) is 11.9 Å². The fraction of sp³-hybridized carbons (Fsp3) is 0.571. The minimum absolute atomic E-state index is 0.238. The van der Waals surface area contributed by atoms with E-state index in [1.807, 2.05) is 11.9 Å². The van der Waals surface area contributed by atoms with Crippen LogP contribution in [0, 0.1) is 5.82 Å². The highest BCUT2D eigenvalue weighted by Gasteiger charge is 2.20. The van der Waals surface area contributed by atoms with E-state index in [2.05, 4.69) is 0 Å². The zero-order valence-corrected chi connectivity index (χ0v) is 10.9. The van der Waals surface area contributed by atoms with Gasteiger partial charge >= 0.3 is 0 Å². The van der Waals surface area contributed by atoms with E-state index in [0.717, 1.165) is 31.7 Å². The second-order valence-corrected chi connectivity index (χ2v) is 4.89. The summed E-state index contributed by atoms with van der Waals surface area (Å²) in [6, 6.07) is 4.53. The van der Waals surface area contributed by atoms with E-state index < -0.39 is 6.10 Å². The monoisotopic (exact) mass is 253 g/mol. The van der Waals surface area contributed by atoms with Crippen molar-refractivity contribution in [3.63, 3.8) is 0 Å². The molecule has 1 fully saturated rings. The van der Waals surface area contributed by atoms with Crippen molar-refractivity contribution in [2.45, 2.75) is 32.0 Å². The number of nitrogens with zero attached hydrogens (tertiary/aromatic N) is 1. The number of halogens is 1. The van der Waals surface area contributed by atoms with Crippen molar-refractivity contribution in [3.8, 4) is 0 Å². The molecule has 0 spiro atoms. The number of anilines is 1. The quantitative estimate of drug-likeness (QED) is 0.895. The van der Waals surface area contributed by atoms with Crippen LogP contribution in [-0.2, 0) is 4.74 Å². The van der Waals surface area contributed by atoms with Crippen molar-refractivity contribution in [1.29, 1.82) is 0 Å². The Hall–Kier alpha value is -1.13. The van der Waals surface area contributed by atoms with Crippen molar-refractivity contribution in [3.05, 3.63) is 29.6 Å². The van der Waals surface area contributed by atoms with Crippen LogP contribution in [0.4, 0.5) is 10.1 Å². The van der Waals surface area contributed by atoms with Gasteiger partial charge in [-0.2, -0.15) is 0 Å². The van der Waals surface area contributed by atoms with E-state index in [9.17, 15) is 9.50 Å². The fourth-order valence-electron chi connectivity index (χ4n) is 2.40. The summed E-state index contributed by atoms with van der Waals surface area (Å²) < 4.78 is 18.8. The predicted molar refractivity (Wildman–Crippen MR) is 69.3 cm³/mol. The van der Waals surface area contributed by atoms with Crippen molar-refractivity contribution in [2.24, 2.45) is 0 Å². The van der Waals surface area contributed by atoms with Crippen molar-refractivity contribution in [2.75, 3.05) is 25.1 Å². The maximum absolute atomic E-state index is 13.2. The number of likely N-dealkylation sites (N-methyl/N-ethyl adjacent to an activating group) is 1. The molecule has 18 heavy (non-hydrogen) atoms. The van der Waals surface area contributed by atoms with Gasteiger partial charge in [0, 0.05) is 31.5 Å². The lowest BCUT2D eigenvalue weighted by Gasteiger charge is -2.26. The largest absolute Gasteiger partial charge is 0.389 e. The molecule has 0 saturated carbocycles. The maximum atomic E-state index is 13.2. The summed E-state index contributed by atoms with van der Waals surface area (Å²) in [5, 5.41) is 9.71. The molecule has 0 radical (unpaired) electrons. The number of benzene rings is 1. The van der Waals surface area contributed by atoms with Gasteiger partial charge in [-0.15, -0.1) is 0 Å². The highest BCUT2D eigenvalue weighted by Crippen LogP contribution is 2.27. The first-order valence-electron chi connectivity index (χ1n) is 6.38. The Morgan fingerprint density at radius 3 is 2.94 bits per heavy atom. The first-order valence-corrected chi connectivity index (χ1v) is 6.38. The molecule has 2 atom stereocenters. The normalized spacial score (nSPS) is 21.0. The molecule has 1 aromatic rings. The van der Waals surface area contributed by atoms with E-state index in [0.29, 0.717) is 5.56 Å². The van der Waals surface area contributed by atoms with E-state index in [1.54, 1.807) is 13.0 Å². The van der Waals surface area contributed by atoms with Crippen LogP contribution in [0.1, 0.15) is 31.4 Å². The minimum Gasteiger partial charge on any atom is -0.389 e. The Morgan fingerprint density at radius 2 is 2.33 bits per heavy atom. The Morgan fingerprint density at radius 1 is 1.56 bits per heavy atom. The van der Waals surface area contributed by atoms with Crippen LogP contribution < -0.4 is 4.90 Å². The smallest absolute Gasteiger partial charge is 0.123 e. The lowest BCUT2D eigenvalue weighted by Crippen LogP contribution is -2.29. The molecule has 1 saturated heterocycles. The van der Waals surface area contributed by atoms with Crippen molar-refractivity contribution < 1.29 is 14.2 Å². The summed E-state index contributed by atoms with van der Waals surface area (Å²) in [6.07, 6.45) is 1.73. The molecule has 100 valence electrons. The Balaban J connectivity index is 2.15. The Kier molecular flexibility index (Phi) is 4.19. The van der Waals surface area contributed by atoms with E-state index in [1.165, 1.54) is 12.1 Å². The van der Waals surface area contributed by atoms with Crippen LogP contribution in [0.2, 0.25) is 0 Å². The molecular formula is C14H20FNO2. The highest BCUT2D eigenvalue weighted by molar-refractivity contribution is 5.54. The second-order valence-electron chi connectivity index (χ2n) is 4.89. The first kappa shape index (κ1) is 13.3. The molecule has 4 heteroatoms. The fourth-order valence-corrected chi connectivity index (χ4v) is 2.40. The molecule has 0 aromatic heterocycles. The molecule has 3 nitrogen and oxygen atoms in total. The average Bonchev–Trinajstić information content (AvgIpc) is 2.81. The molecule has 1 aliphatic heterocycles. The molecule has 0 amide bonds. The van der Waals surface area contributed by atoms with Gasteiger partial charge in [-0.25, -0.2) is 4.39 Å². The van der Waals surface area contributed by atoms with Crippen LogP contribution in [0.15, 0.2) is 18.2 Å². The lowest BCUT2D eigenvalue weighted by atomic mass is 10.1. The molecule has 1 unspecified atom stereocenters. The molecule has 1 aromatic carbocycles. The van der Waals surface area contributed by atoms with Gasteiger partial charge in [0.25, 0.3) is 0 Å². The van der Waals surface area contributed by atoms with E-state index >= 15 is 0 Å². The zero-order valence-electron chi connectivity index (χ0n) is 10.9. The maximum Gasteiger partial charge on any atom is 0.123 e. The van der Waals surface area contributed by atoms with Gasteiger partial charge in [0.2, 0.25) is 0 Å². The van der Waals surface area contributed by atoms with Crippen molar-refractivity contribution >= 4 is 5.69 Å². The molecule has 1 heterocycles. The third-order valence-electron chi connectivity index (χ3n) is 3.35. The predicted octanol–water partition coefficient (Wildman–Crippen LogP) is 2.49. The molecule has 2 rings (SSSR count). The van der Waals surface area contributed by atoms with Gasteiger partial charge in [-0.1, -0.05) is 0 Å². The molecular weight excluding hydrogens is 233 g/mol. The lowest BCUT2D eigenvalue weighted by molar-refractivity contribution is 0.116. The third kappa shape index (κ3) is 3.00. The van der Waals surface area contributed by atoms with Gasteiger partial charge in [-0.3, -0.25) is 0 Å². The topological polar surface area (TPSA) is 32.7 Å². The van der Waals surface area contributed by atoms with Gasteiger partial charge in [0.05, 0.1) is 12.2 Å². The average molecular weight is 253 g/mol. The van der Waals surface area contributed by atoms with Crippen LogP contribution in [0.5, 0.6) is 0 Å². The Labute approximate surface area is 107 Å². The SMILES string of the molecule is C[C@H](O)c1cc(F)ccc1N(C)CC1CCCO1. The summed E-state index contributed by atoms with van der Waals surface area (Å²) in [6.45, 7) is 3.24. The number of hydrogen-bond acceptors (Lipinski definition) is 3. The molecule has 1 N–H and O–H groups in total. The van der Waals surface area contributed by atoms with Crippen LogP contribution in [0.25, 0.3) is 0 Å². The number of aliphatic hydroxyl groups excluding tert-OH is 1. The Bertz CT molecular complexity index is 403. The number of aliphatic hydroxyl groups is 1. The van der Waals surface area contributed by atoms with Crippen molar-refractivity contribution in [1.82, 2.24) is 0 Å². The number of ether oxygens (including phenoxy) is 1. The van der Waals surface area contributed by atoms with E-state index in [4.69, 9.17) is 4.74 Å². The van der Waals surface area contributed by atoms with Gasteiger partial charge in [0.1, 0.15) is 5.82 Å². The van der Waals surface area contributed by atoms with Gasteiger partial charge in [-0.05, 0) is 38.0 Å². The summed E-state index contributed by atoms with van der Waals surface area (Å²) in [5.74, 6) is -0.319. The first-order chi connectivity index (χ1) is 8.58. The second kappa shape index (κ2) is 5.67. The highest BCUT2D eigenvalue weighted by atomic mass is 19.1. The summed E-state index contributed by atoms with van der Waals surface area (Å²) >= 11 is 0. The summed E-state index contributed by atoms with van der Waals surface area (Å²) in [5.41, 5.74) is 1.48. The van der Waals surface area contributed by atoms with Gasteiger partial charge in [0.15, 0.2) is 0 Å². The number of hydrogen-bond donors (Lipinski definition) is 1. The zero-order chi connectivity index (χ0) is 13.1. The summed E-state index contributed by atoms with van der Waals surface area (Å²) in [4.78, 5) is 2.03. The van der Waals surface area contributed by atoms with Crippen LogP contribution in [-0.4, -0.2) is 31.4 Å². The van der Waals surface area contributed by atoms with Crippen LogP contribution >= 0.6 is 0 Å².